The number of halogens is 2. The van der Waals surface area contributed by atoms with Gasteiger partial charge in [0.05, 0.1) is 22.6 Å². The number of hydrogen-bond donors (Lipinski definition) is 2. The van der Waals surface area contributed by atoms with Gasteiger partial charge in [0.2, 0.25) is 5.91 Å². The average Bonchev–Trinajstić information content (AvgIpc) is 3.34. The number of nitro benzene ring substituents is 1. The molecule has 0 bridgehead atoms. The lowest BCUT2D eigenvalue weighted by Crippen LogP contribution is -2.18. The predicted octanol–water partition coefficient (Wildman–Crippen LogP) is 7.39. The molecule has 2 amide bonds. The number of nitro groups is 1. The molecule has 220 valence electrons. The summed E-state index contributed by atoms with van der Waals surface area (Å²) in [6.07, 6.45) is 1.55. The smallest absolute Gasteiger partial charge is 0.355 e. The fraction of sp³-hybridized carbons (Fsp3) is 0.0323. The normalized spacial score (nSPS) is 11.0. The number of nitrogens with zero attached hydrogens (tertiary/aromatic N) is 2. The van der Waals surface area contributed by atoms with Crippen molar-refractivity contribution in [3.05, 3.63) is 132 Å². The topological polar surface area (TPSA) is 140 Å². The molecule has 0 aliphatic heterocycles. The van der Waals surface area contributed by atoms with Gasteiger partial charge in [-0.05, 0) is 54.1 Å². The van der Waals surface area contributed by atoms with Crippen LogP contribution in [0.1, 0.15) is 31.2 Å². The summed E-state index contributed by atoms with van der Waals surface area (Å²) >= 11 is 10.7. The number of rotatable bonds is 9. The number of non-ortho nitro benzene ring substituents is 1. The molecule has 10 nitrogen and oxygen atoms in total. The van der Waals surface area contributed by atoms with Crippen LogP contribution in [0.5, 0.6) is 5.75 Å². The van der Waals surface area contributed by atoms with Crippen LogP contribution in [-0.4, -0.2) is 28.9 Å². The molecule has 2 N–H and O–H groups in total. The minimum Gasteiger partial charge on any atom is -0.422 e. The van der Waals surface area contributed by atoms with Gasteiger partial charge in [0.1, 0.15) is 10.6 Å². The minimum absolute atomic E-state index is 0.0842. The number of hydrogen-bond acceptors (Lipinski definition) is 8. The van der Waals surface area contributed by atoms with Crippen molar-refractivity contribution in [1.82, 2.24) is 5.43 Å². The zero-order valence-corrected chi connectivity index (χ0v) is 25.6. The molecule has 13 heteroatoms. The van der Waals surface area contributed by atoms with Crippen LogP contribution in [0.2, 0.25) is 5.02 Å². The lowest BCUT2D eigenvalue weighted by molar-refractivity contribution is -0.384. The lowest BCUT2D eigenvalue weighted by Gasteiger charge is -2.08. The largest absolute Gasteiger partial charge is 0.422 e. The SMILES string of the molecule is O=C(Cc1ccccc1)Nc1ccc(C(=O)N/N=C\c2cc(Br)ccc2OC(=O)c2sc3cc([N+](=O)[O-])ccc3c2Cl)cc1. The Balaban J connectivity index is 1.23. The quantitative estimate of drug-likeness (QED) is 0.0543. The second kappa shape index (κ2) is 13.6. The number of ether oxygens (including phenoxy) is 1. The van der Waals surface area contributed by atoms with Crippen LogP contribution in [0.4, 0.5) is 11.4 Å². The highest BCUT2D eigenvalue weighted by atomic mass is 79.9. The van der Waals surface area contributed by atoms with Crippen molar-refractivity contribution < 1.29 is 24.0 Å². The van der Waals surface area contributed by atoms with Crippen LogP contribution in [-0.2, 0) is 11.2 Å². The van der Waals surface area contributed by atoms with Gasteiger partial charge in [-0.25, -0.2) is 10.2 Å². The van der Waals surface area contributed by atoms with E-state index in [1.54, 1.807) is 42.5 Å². The molecule has 0 saturated carbocycles. The lowest BCUT2D eigenvalue weighted by atomic mass is 10.1. The van der Waals surface area contributed by atoms with Crippen LogP contribution in [0.15, 0.2) is 101 Å². The highest BCUT2D eigenvalue weighted by molar-refractivity contribution is 9.10. The van der Waals surface area contributed by atoms with Gasteiger partial charge in [-0.2, -0.15) is 5.10 Å². The molecule has 0 saturated heterocycles. The number of nitrogens with one attached hydrogen (secondary N) is 2. The fourth-order valence-electron chi connectivity index (χ4n) is 4.07. The highest BCUT2D eigenvalue weighted by Crippen LogP contribution is 2.38. The standard InChI is InChI=1S/C31H20BrClN4O6S/c32-21-8-13-25(43-31(40)29-28(33)24-12-11-23(37(41)42)16-26(24)44-29)20(15-21)17-34-36-30(39)19-6-9-22(10-7-19)35-27(38)14-18-4-2-1-3-5-18/h1-13,15-17H,14H2,(H,35,38)(H,36,39)/b34-17-. The molecule has 0 unspecified atom stereocenters. The fourth-order valence-corrected chi connectivity index (χ4v) is 5.87. The Hall–Kier alpha value is -4.91. The Bertz CT molecular complexity index is 1930. The Kier molecular flexibility index (Phi) is 9.44. The van der Waals surface area contributed by atoms with E-state index in [-0.39, 0.29) is 33.7 Å². The average molecular weight is 692 g/mol. The van der Waals surface area contributed by atoms with Crippen LogP contribution in [0.3, 0.4) is 0 Å². The van der Waals surface area contributed by atoms with Gasteiger partial charge in [-0.3, -0.25) is 19.7 Å². The van der Waals surface area contributed by atoms with Crippen LogP contribution in [0.25, 0.3) is 10.1 Å². The number of amides is 2. The van der Waals surface area contributed by atoms with Crippen molar-refractivity contribution in [2.45, 2.75) is 6.42 Å². The molecule has 0 aliphatic carbocycles. The van der Waals surface area contributed by atoms with Crippen molar-refractivity contribution in [1.29, 1.82) is 0 Å². The van der Waals surface area contributed by atoms with Crippen molar-refractivity contribution in [2.24, 2.45) is 5.10 Å². The number of hydrazone groups is 1. The van der Waals surface area contributed by atoms with Gasteiger partial charge >= 0.3 is 5.97 Å². The summed E-state index contributed by atoms with van der Waals surface area (Å²) in [6.45, 7) is 0. The molecular weight excluding hydrogens is 672 g/mol. The zero-order chi connectivity index (χ0) is 31.2. The number of carbonyl (C=O) groups is 3. The Morgan fingerprint density at radius 1 is 1.00 bits per heavy atom. The number of anilines is 1. The second-order valence-corrected chi connectivity index (χ2v) is 11.6. The Morgan fingerprint density at radius 2 is 1.75 bits per heavy atom. The van der Waals surface area contributed by atoms with Gasteiger partial charge in [0.25, 0.3) is 11.6 Å². The first-order chi connectivity index (χ1) is 21.2. The zero-order valence-electron chi connectivity index (χ0n) is 22.5. The van der Waals surface area contributed by atoms with Gasteiger partial charge < -0.3 is 10.1 Å². The van der Waals surface area contributed by atoms with Crippen molar-refractivity contribution >= 4 is 84.3 Å². The third kappa shape index (κ3) is 7.35. The summed E-state index contributed by atoms with van der Waals surface area (Å²) in [7, 11) is 0. The summed E-state index contributed by atoms with van der Waals surface area (Å²) in [5.41, 5.74) is 4.42. The number of esters is 1. The molecule has 5 aromatic rings. The molecule has 0 fully saturated rings. The first-order valence-electron chi connectivity index (χ1n) is 12.8. The maximum absolute atomic E-state index is 13.0. The molecule has 0 spiro atoms. The van der Waals surface area contributed by atoms with Gasteiger partial charge in [0.15, 0.2) is 0 Å². The number of carbonyl (C=O) groups excluding carboxylic acids is 3. The molecule has 44 heavy (non-hydrogen) atoms. The third-order valence-electron chi connectivity index (χ3n) is 6.19. The van der Waals surface area contributed by atoms with E-state index in [4.69, 9.17) is 16.3 Å². The first-order valence-corrected chi connectivity index (χ1v) is 14.8. The summed E-state index contributed by atoms with van der Waals surface area (Å²) in [4.78, 5) is 48.6. The summed E-state index contributed by atoms with van der Waals surface area (Å²) in [5, 5.41) is 18.5. The van der Waals surface area contributed by atoms with Crippen molar-refractivity contribution in [2.75, 3.05) is 5.32 Å². The first kappa shape index (κ1) is 30.5. The van der Waals surface area contributed by atoms with Crippen LogP contribution < -0.4 is 15.5 Å². The maximum Gasteiger partial charge on any atom is 0.355 e. The summed E-state index contributed by atoms with van der Waals surface area (Å²) in [5.74, 6) is -1.28. The Labute approximate surface area is 267 Å². The van der Waals surface area contributed by atoms with E-state index < -0.39 is 16.8 Å². The van der Waals surface area contributed by atoms with Crippen molar-refractivity contribution in [3.8, 4) is 5.75 Å². The van der Waals surface area contributed by atoms with E-state index in [2.05, 4.69) is 31.8 Å². The van der Waals surface area contributed by atoms with E-state index in [0.29, 0.717) is 31.4 Å². The van der Waals surface area contributed by atoms with Gasteiger partial charge in [-0.1, -0.05) is 57.9 Å². The van der Waals surface area contributed by atoms with E-state index in [0.717, 1.165) is 16.9 Å². The number of thiophene rings is 1. The van der Waals surface area contributed by atoms with E-state index in [9.17, 15) is 24.5 Å². The molecule has 4 aromatic carbocycles. The molecule has 0 radical (unpaired) electrons. The number of benzene rings is 4. The van der Waals surface area contributed by atoms with Crippen molar-refractivity contribution in [3.63, 3.8) is 0 Å². The molecule has 1 aromatic heterocycles. The predicted molar refractivity (Wildman–Crippen MR) is 173 cm³/mol. The maximum atomic E-state index is 13.0. The number of fused-ring (bicyclic) bond motifs is 1. The van der Waals surface area contributed by atoms with E-state index in [1.165, 1.54) is 24.4 Å². The third-order valence-corrected chi connectivity index (χ3v) is 8.32. The molecule has 5 rings (SSSR count). The van der Waals surface area contributed by atoms with E-state index >= 15 is 0 Å². The minimum atomic E-state index is -0.754. The van der Waals surface area contributed by atoms with Gasteiger partial charge in [0, 0.05) is 43.5 Å². The Morgan fingerprint density at radius 3 is 2.48 bits per heavy atom. The summed E-state index contributed by atoms with van der Waals surface area (Å²) < 4.78 is 6.73. The second-order valence-electron chi connectivity index (χ2n) is 9.24. The van der Waals surface area contributed by atoms with Crippen LogP contribution >= 0.6 is 38.9 Å². The molecule has 0 aliphatic rings. The summed E-state index contributed by atoms with van der Waals surface area (Å²) in [6, 6.07) is 24.7. The monoisotopic (exact) mass is 690 g/mol. The van der Waals surface area contributed by atoms with E-state index in [1.807, 2.05) is 30.3 Å². The molecule has 0 atom stereocenters. The van der Waals surface area contributed by atoms with Crippen LogP contribution in [0, 0.1) is 10.1 Å². The molecule has 1 heterocycles. The van der Waals surface area contributed by atoms with Gasteiger partial charge in [-0.15, -0.1) is 11.3 Å². The molecular formula is C31H20BrClN4O6S. The highest BCUT2D eigenvalue weighted by Gasteiger charge is 2.22.